The van der Waals surface area contributed by atoms with Gasteiger partial charge < -0.3 is 38.8 Å². The fourth-order valence-corrected chi connectivity index (χ4v) is 11.7. The van der Waals surface area contributed by atoms with Crippen LogP contribution in [0.15, 0.2) is 128 Å². The van der Waals surface area contributed by atoms with Gasteiger partial charge in [0, 0.05) is 48.2 Å². The lowest BCUT2D eigenvalue weighted by atomic mass is 9.82. The number of aryl methyl sites for hydroxylation is 4. The number of oxime groups is 2. The van der Waals surface area contributed by atoms with Crippen LogP contribution < -0.4 is 20.6 Å². The Bertz CT molecular complexity index is 4020. The van der Waals surface area contributed by atoms with Crippen molar-refractivity contribution in [3.05, 3.63) is 190 Å². The second-order valence-corrected chi connectivity index (χ2v) is 24.7. The Morgan fingerprint density at radius 2 is 1.37 bits per heavy atom. The first-order valence-corrected chi connectivity index (χ1v) is 31.3. The van der Waals surface area contributed by atoms with Gasteiger partial charge in [-0.15, -0.1) is 0 Å². The van der Waals surface area contributed by atoms with E-state index in [9.17, 15) is 37.2 Å². The topological polar surface area (TPSA) is 267 Å². The number of halogens is 2. The molecule has 0 unspecified atom stereocenters. The van der Waals surface area contributed by atoms with Crippen molar-refractivity contribution in [3.8, 4) is 22.8 Å². The number of aromatic nitrogens is 4. The Balaban J connectivity index is 0.000000174. The van der Waals surface area contributed by atoms with Crippen LogP contribution in [-0.4, -0.2) is 108 Å². The molecule has 0 saturated carbocycles. The van der Waals surface area contributed by atoms with Gasteiger partial charge in [-0.3, -0.25) is 23.9 Å². The van der Waals surface area contributed by atoms with E-state index in [-0.39, 0.29) is 48.9 Å². The number of ether oxygens (including phenoxy) is 4. The molecule has 0 fully saturated rings. The molecule has 472 valence electrons. The van der Waals surface area contributed by atoms with Gasteiger partial charge in [0.05, 0.1) is 72.5 Å². The number of esters is 2. The minimum absolute atomic E-state index is 0.00623. The molecular weight excluding hydrogens is 1210 g/mol. The standard InChI is InChI=1S/C23H32N2O4.C18H17NO3.C16H17N3O5S.C8H6Cl2O3/c1-7-16-13-15(3)14-17(8-2)18(16)19-20(26)24-9-11-28-12-10-25(24)21(19)29-22(27)23(4,5)6;1-2-21-17(20)16-13-18(22-19-16,14-9-5-3-6-10-14)15-11-7-4-8-12-15;1-9-10(15(20)11-8-17-19(2)16(11)21)4-5-13(25(3,22)23)14(9)12-6-7-24-18-12;1-13-7-5(10)3-2-4(9)6(7)8(11)12/h13-14H,7-12H2,1-6H3;3-12H,2,13H2,1H3;4-5,8,17H,6-7H2,1-3H3;2-3H,1H3,(H,11,12). The monoisotopic (exact) mass is 1280 g/mol. The average molecular weight is 1280 g/mol. The first kappa shape index (κ1) is 67.9. The number of aromatic amines is 1. The molecule has 0 spiro atoms. The van der Waals surface area contributed by atoms with Crippen LogP contribution in [0.3, 0.4) is 0 Å². The van der Waals surface area contributed by atoms with Crippen molar-refractivity contribution in [2.75, 3.05) is 39.8 Å². The minimum atomic E-state index is -3.52. The van der Waals surface area contributed by atoms with Crippen molar-refractivity contribution in [1.82, 2.24) is 19.1 Å². The van der Waals surface area contributed by atoms with Gasteiger partial charge in [-0.05, 0) is 101 Å². The molecule has 0 bridgehead atoms. The fourth-order valence-electron chi connectivity index (χ4n) is 10.2. The minimum Gasteiger partial charge on any atom is -0.494 e. The lowest BCUT2D eigenvalue weighted by Gasteiger charge is -2.27. The summed E-state index contributed by atoms with van der Waals surface area (Å²) >= 11 is 11.4. The van der Waals surface area contributed by atoms with E-state index in [0.29, 0.717) is 86.4 Å². The summed E-state index contributed by atoms with van der Waals surface area (Å²) in [7, 11) is -0.678. The van der Waals surface area contributed by atoms with E-state index in [1.165, 1.54) is 54.9 Å². The Morgan fingerprint density at radius 1 is 0.775 bits per heavy atom. The lowest BCUT2D eigenvalue weighted by molar-refractivity contribution is -0.143. The maximum Gasteiger partial charge on any atom is 0.356 e. The molecule has 5 heterocycles. The zero-order chi connectivity index (χ0) is 65.1. The molecule has 2 N–H and O–H groups in total. The zero-order valence-electron chi connectivity index (χ0n) is 51.4. The number of carbonyl (C=O) groups is 4. The van der Waals surface area contributed by atoms with Crippen LogP contribution in [-0.2, 0) is 77.2 Å². The van der Waals surface area contributed by atoms with Gasteiger partial charge in [-0.2, -0.15) is 0 Å². The van der Waals surface area contributed by atoms with Crippen molar-refractivity contribution < 1.29 is 61.3 Å². The molecule has 89 heavy (non-hydrogen) atoms. The third-order valence-electron chi connectivity index (χ3n) is 14.7. The van der Waals surface area contributed by atoms with Crippen LogP contribution in [0.1, 0.15) is 120 Å². The molecule has 5 aromatic carbocycles. The van der Waals surface area contributed by atoms with Gasteiger partial charge in [0.25, 0.3) is 11.1 Å². The second kappa shape index (κ2) is 29.2. The average Bonchev–Trinajstić information content (AvgIpc) is 2.51. The van der Waals surface area contributed by atoms with Gasteiger partial charge in [-0.1, -0.05) is 126 Å². The third-order valence-corrected chi connectivity index (χ3v) is 16.4. The maximum atomic E-state index is 13.5. The van der Waals surface area contributed by atoms with Crippen LogP contribution in [0.4, 0.5) is 0 Å². The second-order valence-electron chi connectivity index (χ2n) is 21.9. The van der Waals surface area contributed by atoms with Crippen molar-refractivity contribution in [2.45, 2.75) is 105 Å². The number of nitrogens with one attached hydrogen (secondary N) is 1. The van der Waals surface area contributed by atoms with Crippen molar-refractivity contribution in [3.63, 3.8) is 0 Å². The van der Waals surface area contributed by atoms with Gasteiger partial charge in [0.15, 0.2) is 32.7 Å². The number of H-pyrrole nitrogens is 1. The number of carboxylic acids is 1. The van der Waals surface area contributed by atoms with E-state index in [1.807, 2.05) is 81.4 Å². The number of ketones is 1. The summed E-state index contributed by atoms with van der Waals surface area (Å²) in [6.45, 7) is 17.6. The summed E-state index contributed by atoms with van der Waals surface area (Å²) in [6.07, 6.45) is 4.84. The Hall–Kier alpha value is -8.57. The molecule has 0 saturated heterocycles. The highest BCUT2D eigenvalue weighted by Gasteiger charge is 2.45. The molecular formula is C65H72Cl2N6O15S. The SMILES string of the molecule is CCOC(=O)C1=NOC(c2ccccc2)(c2ccccc2)C1.CCc1cc(C)cc(CC)c1-c1c(OC(=O)C(C)(C)C)n2n(c1=O)CCOCC2.COc1c(Cl)ccc(Cl)c1C(=O)O.Cc1c(C(=O)c2c[nH]n(C)c2=O)ccc(S(C)(=O)=O)c1C1=NOCC1. The number of hydrogen-bond donors (Lipinski definition) is 2. The summed E-state index contributed by atoms with van der Waals surface area (Å²) in [4.78, 5) is 84.7. The molecule has 10 rings (SSSR count). The molecule has 0 atom stereocenters. The molecule has 0 amide bonds. The zero-order valence-corrected chi connectivity index (χ0v) is 53.8. The molecule has 3 aliphatic heterocycles. The summed E-state index contributed by atoms with van der Waals surface area (Å²) < 4.78 is 50.2. The normalized spacial score (nSPS) is 14.0. The Kier molecular flexibility index (Phi) is 22.3. The molecule has 2 aromatic heterocycles. The van der Waals surface area contributed by atoms with Gasteiger partial charge in [0.1, 0.15) is 23.3 Å². The number of hydrogen-bond acceptors (Lipinski definition) is 16. The smallest absolute Gasteiger partial charge is 0.356 e. The predicted molar refractivity (Wildman–Crippen MR) is 338 cm³/mol. The number of benzene rings is 5. The van der Waals surface area contributed by atoms with E-state index in [1.54, 1.807) is 23.2 Å². The third kappa shape index (κ3) is 15.1. The highest BCUT2D eigenvalue weighted by atomic mass is 35.5. The number of rotatable bonds is 14. The van der Waals surface area contributed by atoms with E-state index in [4.69, 9.17) is 56.9 Å². The van der Waals surface area contributed by atoms with Crippen molar-refractivity contribution in [2.24, 2.45) is 22.8 Å². The number of sulfone groups is 1. The molecule has 24 heteroatoms. The van der Waals surface area contributed by atoms with Gasteiger partial charge >= 0.3 is 17.9 Å². The Morgan fingerprint density at radius 3 is 1.87 bits per heavy atom. The number of carboxylic acid groups (broad SMARTS) is 1. The first-order chi connectivity index (χ1) is 42.2. The van der Waals surface area contributed by atoms with Crippen LogP contribution in [0.25, 0.3) is 11.1 Å². The quantitative estimate of drug-likeness (QED) is 0.0757. The lowest BCUT2D eigenvalue weighted by Crippen LogP contribution is -2.29. The highest BCUT2D eigenvalue weighted by molar-refractivity contribution is 7.90. The summed E-state index contributed by atoms with van der Waals surface area (Å²) in [5.41, 5.74) is 6.46. The van der Waals surface area contributed by atoms with Gasteiger partial charge in [-0.25, -0.2) is 27.4 Å². The maximum absolute atomic E-state index is 13.5. The highest BCUT2D eigenvalue weighted by Crippen LogP contribution is 2.42. The molecule has 0 aliphatic carbocycles. The number of aromatic carboxylic acids is 1. The van der Waals surface area contributed by atoms with Crippen molar-refractivity contribution in [1.29, 1.82) is 0 Å². The molecule has 7 aromatic rings. The largest absolute Gasteiger partial charge is 0.494 e. The van der Waals surface area contributed by atoms with E-state index >= 15 is 0 Å². The van der Waals surface area contributed by atoms with E-state index < -0.39 is 44.1 Å². The molecule has 0 radical (unpaired) electrons. The summed E-state index contributed by atoms with van der Waals surface area (Å²) in [6, 6.07) is 29.6. The Labute approximate surface area is 525 Å². The molecule has 3 aliphatic rings. The van der Waals surface area contributed by atoms with Crippen LogP contribution >= 0.6 is 23.2 Å². The number of nitrogens with zero attached hydrogens (tertiary/aromatic N) is 5. The number of carbonyl (C=O) groups excluding carboxylic acids is 3. The molecule has 21 nitrogen and oxygen atoms in total. The van der Waals surface area contributed by atoms with E-state index in [0.717, 1.165) is 46.9 Å². The summed E-state index contributed by atoms with van der Waals surface area (Å²) in [5, 5.41) is 19.7. The van der Waals surface area contributed by atoms with Crippen LogP contribution in [0, 0.1) is 19.3 Å². The summed E-state index contributed by atoms with van der Waals surface area (Å²) in [5.74, 6) is -1.98. The fraction of sp³-hybridized carbons (Fsp3) is 0.354. The number of fused-ring (bicyclic) bond motifs is 1. The predicted octanol–water partition coefficient (Wildman–Crippen LogP) is 10.5. The van der Waals surface area contributed by atoms with Crippen molar-refractivity contribution >= 4 is 68.2 Å². The van der Waals surface area contributed by atoms with E-state index in [2.05, 4.69) is 48.3 Å². The number of methoxy groups -OCH3 is 1. The van der Waals surface area contributed by atoms with Gasteiger partial charge in [0.2, 0.25) is 5.88 Å². The first-order valence-electron chi connectivity index (χ1n) is 28.6. The van der Waals surface area contributed by atoms with Crippen LogP contribution in [0.5, 0.6) is 11.6 Å². The van der Waals surface area contributed by atoms with Crippen LogP contribution in [0.2, 0.25) is 10.0 Å².